The monoisotopic (exact) mass is 493 g/mol. The van der Waals surface area contributed by atoms with E-state index in [1.54, 1.807) is 7.11 Å². The molecule has 2 amide bonds. The molecule has 2 unspecified atom stereocenters. The lowest BCUT2D eigenvalue weighted by molar-refractivity contribution is -0.148. The number of piperidine rings is 1. The number of benzene rings is 2. The molecule has 7 heteroatoms. The van der Waals surface area contributed by atoms with E-state index in [0.29, 0.717) is 39.1 Å². The molecule has 2 aliphatic rings. The zero-order valence-corrected chi connectivity index (χ0v) is 21.8. The maximum Gasteiger partial charge on any atom is 0.228 e. The number of para-hydroxylation sites is 3. The van der Waals surface area contributed by atoms with Gasteiger partial charge in [-0.15, -0.1) is 0 Å². The van der Waals surface area contributed by atoms with Crippen LogP contribution in [-0.4, -0.2) is 68.1 Å². The van der Waals surface area contributed by atoms with E-state index in [0.717, 1.165) is 48.7 Å². The lowest BCUT2D eigenvalue weighted by Gasteiger charge is -2.44. The second-order valence-electron chi connectivity index (χ2n) is 9.49. The van der Waals surface area contributed by atoms with Crippen LogP contribution in [0.4, 0.5) is 5.69 Å². The number of amides is 2. The largest absolute Gasteiger partial charge is 0.496 e. The number of piperazine rings is 1. The highest BCUT2D eigenvalue weighted by molar-refractivity contribution is 5.85. The molecule has 2 aromatic rings. The molecular weight excluding hydrogens is 454 g/mol. The van der Waals surface area contributed by atoms with Crippen molar-refractivity contribution in [3.05, 3.63) is 54.1 Å². The summed E-state index contributed by atoms with van der Waals surface area (Å²) < 4.78 is 11.5. The summed E-state index contributed by atoms with van der Waals surface area (Å²) in [5.74, 6) is 1.60. The van der Waals surface area contributed by atoms with Crippen LogP contribution in [0, 0.1) is 5.92 Å². The average Bonchev–Trinajstić information content (AvgIpc) is 2.92. The SMILES string of the molecule is CCCCN1C(=O)CCC(C(=O)N2CCN(c3ccccc3OCC)CC2)C1c1ccccc1OC. The normalized spacial score (nSPS) is 20.4. The summed E-state index contributed by atoms with van der Waals surface area (Å²) in [7, 11) is 1.65. The predicted octanol–water partition coefficient (Wildman–Crippen LogP) is 4.52. The van der Waals surface area contributed by atoms with Gasteiger partial charge < -0.3 is 24.2 Å². The van der Waals surface area contributed by atoms with Crippen molar-refractivity contribution in [3.8, 4) is 11.5 Å². The first-order valence-corrected chi connectivity index (χ1v) is 13.3. The maximum absolute atomic E-state index is 14.0. The summed E-state index contributed by atoms with van der Waals surface area (Å²) in [5, 5.41) is 0. The molecule has 4 rings (SSSR count). The Morgan fingerprint density at radius 2 is 1.67 bits per heavy atom. The summed E-state index contributed by atoms with van der Waals surface area (Å²) in [6.45, 7) is 8.19. The molecule has 2 aliphatic heterocycles. The minimum absolute atomic E-state index is 0.126. The van der Waals surface area contributed by atoms with E-state index in [4.69, 9.17) is 9.47 Å². The van der Waals surface area contributed by atoms with E-state index in [2.05, 4.69) is 17.9 Å². The Hall–Kier alpha value is -3.22. The highest BCUT2D eigenvalue weighted by Crippen LogP contribution is 2.42. The van der Waals surface area contributed by atoms with E-state index in [1.165, 1.54) is 0 Å². The van der Waals surface area contributed by atoms with Gasteiger partial charge >= 0.3 is 0 Å². The number of nitrogens with zero attached hydrogens (tertiary/aromatic N) is 3. The van der Waals surface area contributed by atoms with E-state index in [9.17, 15) is 9.59 Å². The summed E-state index contributed by atoms with van der Waals surface area (Å²) >= 11 is 0. The Labute approximate surface area is 215 Å². The van der Waals surface area contributed by atoms with Crippen LogP contribution >= 0.6 is 0 Å². The number of rotatable bonds is 9. The van der Waals surface area contributed by atoms with Gasteiger partial charge in [0.15, 0.2) is 0 Å². The number of ether oxygens (including phenoxy) is 2. The van der Waals surface area contributed by atoms with Crippen LogP contribution in [0.25, 0.3) is 0 Å². The lowest BCUT2D eigenvalue weighted by Crippen LogP contribution is -2.54. The third-order valence-corrected chi connectivity index (χ3v) is 7.33. The lowest BCUT2D eigenvalue weighted by atomic mass is 9.82. The molecular formula is C29H39N3O4. The molecule has 0 aliphatic carbocycles. The van der Waals surface area contributed by atoms with Gasteiger partial charge in [0.2, 0.25) is 11.8 Å². The first-order chi connectivity index (χ1) is 17.6. The Morgan fingerprint density at radius 1 is 0.972 bits per heavy atom. The van der Waals surface area contributed by atoms with Gasteiger partial charge in [-0.25, -0.2) is 0 Å². The average molecular weight is 494 g/mol. The second-order valence-corrected chi connectivity index (χ2v) is 9.49. The summed E-state index contributed by atoms with van der Waals surface area (Å²) in [6.07, 6.45) is 2.88. The third-order valence-electron chi connectivity index (χ3n) is 7.33. The zero-order chi connectivity index (χ0) is 25.5. The fraction of sp³-hybridized carbons (Fsp3) is 0.517. The van der Waals surface area contributed by atoms with Gasteiger partial charge in [0, 0.05) is 44.7 Å². The molecule has 7 nitrogen and oxygen atoms in total. The number of anilines is 1. The van der Waals surface area contributed by atoms with E-state index in [1.807, 2.05) is 59.2 Å². The van der Waals surface area contributed by atoms with Crippen molar-refractivity contribution in [2.24, 2.45) is 5.92 Å². The highest BCUT2D eigenvalue weighted by Gasteiger charge is 2.43. The summed E-state index contributed by atoms with van der Waals surface area (Å²) in [6, 6.07) is 15.6. The van der Waals surface area contributed by atoms with Gasteiger partial charge in [-0.2, -0.15) is 0 Å². The molecule has 2 atom stereocenters. The zero-order valence-electron chi connectivity index (χ0n) is 21.8. The minimum atomic E-state index is -0.307. The van der Waals surface area contributed by atoms with Crippen molar-refractivity contribution in [3.63, 3.8) is 0 Å². The summed E-state index contributed by atoms with van der Waals surface area (Å²) in [5.41, 5.74) is 2.00. The van der Waals surface area contributed by atoms with Crippen molar-refractivity contribution in [2.75, 3.05) is 51.3 Å². The Morgan fingerprint density at radius 3 is 2.36 bits per heavy atom. The number of hydrogen-bond acceptors (Lipinski definition) is 5. The minimum Gasteiger partial charge on any atom is -0.496 e. The maximum atomic E-state index is 14.0. The van der Waals surface area contributed by atoms with E-state index >= 15 is 0 Å². The van der Waals surface area contributed by atoms with Crippen LogP contribution in [0.2, 0.25) is 0 Å². The number of likely N-dealkylation sites (tertiary alicyclic amines) is 1. The molecule has 2 aromatic carbocycles. The van der Waals surface area contributed by atoms with Crippen molar-refractivity contribution >= 4 is 17.5 Å². The van der Waals surface area contributed by atoms with Gasteiger partial charge in [0.1, 0.15) is 11.5 Å². The Kier molecular flexibility index (Phi) is 8.73. The fourth-order valence-electron chi connectivity index (χ4n) is 5.50. The first kappa shape index (κ1) is 25.9. The van der Waals surface area contributed by atoms with Crippen LogP contribution in [0.1, 0.15) is 51.1 Å². The molecule has 194 valence electrons. The van der Waals surface area contributed by atoms with Gasteiger partial charge in [-0.3, -0.25) is 9.59 Å². The van der Waals surface area contributed by atoms with Crippen LogP contribution in [0.15, 0.2) is 48.5 Å². The molecule has 2 heterocycles. The number of methoxy groups -OCH3 is 1. The van der Waals surface area contributed by atoms with Gasteiger partial charge in [-0.1, -0.05) is 43.7 Å². The smallest absolute Gasteiger partial charge is 0.228 e. The van der Waals surface area contributed by atoms with Crippen molar-refractivity contribution in [1.29, 1.82) is 0 Å². The quantitative estimate of drug-likeness (QED) is 0.514. The standard InChI is InChI=1S/C29H39N3O4/c1-4-6-17-32-27(33)16-15-23(28(32)22-11-7-9-13-25(22)35-3)29(34)31-20-18-30(19-21-31)24-12-8-10-14-26(24)36-5-2/h7-14,23,28H,4-6,15-21H2,1-3H3. The Bertz CT molecular complexity index is 1030. The predicted molar refractivity (Wildman–Crippen MR) is 141 cm³/mol. The highest BCUT2D eigenvalue weighted by atomic mass is 16.5. The third kappa shape index (κ3) is 5.45. The first-order valence-electron chi connectivity index (χ1n) is 13.3. The van der Waals surface area contributed by atoms with Gasteiger partial charge in [-0.05, 0) is 38.0 Å². The van der Waals surface area contributed by atoms with Crippen LogP contribution in [0.3, 0.4) is 0 Å². The molecule has 0 aromatic heterocycles. The number of carbonyl (C=O) groups excluding carboxylic acids is 2. The van der Waals surface area contributed by atoms with E-state index < -0.39 is 0 Å². The molecule has 2 fully saturated rings. The summed E-state index contributed by atoms with van der Waals surface area (Å²) in [4.78, 5) is 33.2. The van der Waals surface area contributed by atoms with Crippen molar-refractivity contribution in [1.82, 2.24) is 9.80 Å². The molecule has 0 bridgehead atoms. The van der Waals surface area contributed by atoms with Crippen LogP contribution in [0.5, 0.6) is 11.5 Å². The number of unbranched alkanes of at least 4 members (excludes halogenated alkanes) is 1. The molecule has 0 radical (unpaired) electrons. The molecule has 0 saturated carbocycles. The molecule has 0 spiro atoms. The van der Waals surface area contributed by atoms with Crippen LogP contribution < -0.4 is 14.4 Å². The van der Waals surface area contributed by atoms with Crippen molar-refractivity contribution < 1.29 is 19.1 Å². The molecule has 0 N–H and O–H groups in total. The van der Waals surface area contributed by atoms with Crippen LogP contribution in [-0.2, 0) is 9.59 Å². The number of hydrogen-bond donors (Lipinski definition) is 0. The molecule has 36 heavy (non-hydrogen) atoms. The topological polar surface area (TPSA) is 62.3 Å². The van der Waals surface area contributed by atoms with E-state index in [-0.39, 0.29) is 23.8 Å². The fourth-order valence-corrected chi connectivity index (χ4v) is 5.50. The van der Waals surface area contributed by atoms with Gasteiger partial charge in [0.25, 0.3) is 0 Å². The number of carbonyl (C=O) groups is 2. The molecule has 2 saturated heterocycles. The second kappa shape index (κ2) is 12.2. The van der Waals surface area contributed by atoms with Crippen molar-refractivity contribution in [2.45, 2.75) is 45.6 Å². The Balaban J connectivity index is 1.54. The van der Waals surface area contributed by atoms with Gasteiger partial charge in [0.05, 0.1) is 31.4 Å².